The number of furan rings is 1. The number of aromatic nitrogens is 3. The molecule has 0 bridgehead atoms. The van der Waals surface area contributed by atoms with Crippen LogP contribution >= 0.6 is 0 Å². The predicted octanol–water partition coefficient (Wildman–Crippen LogP) is 1.45. The molecule has 0 saturated heterocycles. The monoisotopic (exact) mass is 214 g/mol. The molecule has 0 atom stereocenters. The van der Waals surface area contributed by atoms with Crippen molar-refractivity contribution in [1.82, 2.24) is 14.6 Å². The van der Waals surface area contributed by atoms with Gasteiger partial charge in [0.15, 0.2) is 11.4 Å². The fourth-order valence-electron chi connectivity index (χ4n) is 1.73. The first-order chi connectivity index (χ1) is 7.90. The van der Waals surface area contributed by atoms with Crippen LogP contribution in [0.2, 0.25) is 0 Å². The Kier molecular flexibility index (Phi) is 1.97. The van der Waals surface area contributed by atoms with Gasteiger partial charge in [-0.15, -0.1) is 0 Å². The normalized spacial score (nSPS) is 11.1. The first-order valence-corrected chi connectivity index (χ1v) is 4.96. The smallest absolute Gasteiger partial charge is 0.160 e. The van der Waals surface area contributed by atoms with Crippen molar-refractivity contribution in [3.8, 4) is 11.5 Å². The van der Waals surface area contributed by atoms with E-state index < -0.39 is 0 Å². The van der Waals surface area contributed by atoms with E-state index in [0.717, 1.165) is 16.9 Å². The third-order valence-electron chi connectivity index (χ3n) is 2.45. The van der Waals surface area contributed by atoms with Gasteiger partial charge in [0.1, 0.15) is 5.69 Å². The molecule has 0 aliphatic rings. The van der Waals surface area contributed by atoms with E-state index in [1.165, 1.54) is 0 Å². The van der Waals surface area contributed by atoms with Crippen molar-refractivity contribution in [1.29, 1.82) is 0 Å². The van der Waals surface area contributed by atoms with Crippen LogP contribution in [0.3, 0.4) is 0 Å². The zero-order valence-corrected chi connectivity index (χ0v) is 8.50. The first-order valence-electron chi connectivity index (χ1n) is 4.96. The highest BCUT2D eigenvalue weighted by Gasteiger charge is 2.15. The van der Waals surface area contributed by atoms with Crippen molar-refractivity contribution in [2.45, 2.75) is 6.54 Å². The zero-order valence-electron chi connectivity index (χ0n) is 8.50. The molecule has 3 aromatic heterocycles. The van der Waals surface area contributed by atoms with Crippen LogP contribution < -0.4 is 5.73 Å². The lowest BCUT2D eigenvalue weighted by atomic mass is 10.2. The Hall–Kier alpha value is -2.14. The Balaban J connectivity index is 2.32. The molecular formula is C11H10N4O. The summed E-state index contributed by atoms with van der Waals surface area (Å²) in [6.07, 6.45) is 5.18. The minimum Gasteiger partial charge on any atom is -0.463 e. The summed E-state index contributed by atoms with van der Waals surface area (Å²) in [5, 5.41) is 4.41. The molecule has 0 spiro atoms. The second-order valence-corrected chi connectivity index (χ2v) is 3.40. The predicted molar refractivity (Wildman–Crippen MR) is 58.6 cm³/mol. The van der Waals surface area contributed by atoms with Gasteiger partial charge < -0.3 is 10.2 Å². The molecular weight excluding hydrogens is 204 g/mol. The van der Waals surface area contributed by atoms with E-state index in [1.807, 2.05) is 24.4 Å². The van der Waals surface area contributed by atoms with E-state index in [0.29, 0.717) is 12.3 Å². The standard InChI is InChI=1S/C11H10N4O/c12-7-8-10(9-3-1-6-16-9)14-15-5-2-4-13-11(8)15/h1-6H,7,12H2. The van der Waals surface area contributed by atoms with Gasteiger partial charge in [-0.3, -0.25) is 0 Å². The van der Waals surface area contributed by atoms with Gasteiger partial charge in [-0.2, -0.15) is 5.10 Å². The maximum Gasteiger partial charge on any atom is 0.160 e. The van der Waals surface area contributed by atoms with E-state index in [9.17, 15) is 0 Å². The lowest BCUT2D eigenvalue weighted by molar-refractivity contribution is 0.578. The minimum atomic E-state index is 0.385. The Morgan fingerprint density at radius 2 is 2.31 bits per heavy atom. The number of nitrogens with zero attached hydrogens (tertiary/aromatic N) is 3. The van der Waals surface area contributed by atoms with Crippen LogP contribution in [0.1, 0.15) is 5.56 Å². The Morgan fingerprint density at radius 1 is 1.38 bits per heavy atom. The molecule has 80 valence electrons. The summed E-state index contributed by atoms with van der Waals surface area (Å²) in [5.41, 5.74) is 8.16. The highest BCUT2D eigenvalue weighted by atomic mass is 16.3. The van der Waals surface area contributed by atoms with Crippen molar-refractivity contribution in [3.63, 3.8) is 0 Å². The number of fused-ring (bicyclic) bond motifs is 1. The fraction of sp³-hybridized carbons (Fsp3) is 0.0909. The first kappa shape index (κ1) is 9.11. The molecule has 0 aliphatic carbocycles. The van der Waals surface area contributed by atoms with Gasteiger partial charge in [-0.1, -0.05) is 0 Å². The number of rotatable bonds is 2. The highest BCUT2D eigenvalue weighted by molar-refractivity contribution is 5.66. The van der Waals surface area contributed by atoms with Crippen LogP contribution in [-0.2, 0) is 6.54 Å². The highest BCUT2D eigenvalue weighted by Crippen LogP contribution is 2.24. The Bertz CT molecular complexity index is 612. The summed E-state index contributed by atoms with van der Waals surface area (Å²) >= 11 is 0. The summed E-state index contributed by atoms with van der Waals surface area (Å²) in [4.78, 5) is 4.26. The van der Waals surface area contributed by atoms with Gasteiger partial charge in [0.05, 0.1) is 6.26 Å². The Morgan fingerprint density at radius 3 is 3.06 bits per heavy atom. The average molecular weight is 214 g/mol. The van der Waals surface area contributed by atoms with Crippen LogP contribution in [0.15, 0.2) is 41.3 Å². The van der Waals surface area contributed by atoms with Gasteiger partial charge in [0.25, 0.3) is 0 Å². The van der Waals surface area contributed by atoms with E-state index in [4.69, 9.17) is 10.2 Å². The van der Waals surface area contributed by atoms with Crippen LogP contribution in [0.25, 0.3) is 17.1 Å². The van der Waals surface area contributed by atoms with Gasteiger partial charge >= 0.3 is 0 Å². The SMILES string of the molecule is NCc1c(-c2ccco2)nn2cccnc12. The van der Waals surface area contributed by atoms with Crippen molar-refractivity contribution < 1.29 is 4.42 Å². The summed E-state index contributed by atoms with van der Waals surface area (Å²) in [6.45, 7) is 0.385. The van der Waals surface area contributed by atoms with E-state index in [-0.39, 0.29) is 0 Å². The minimum absolute atomic E-state index is 0.385. The van der Waals surface area contributed by atoms with Gasteiger partial charge in [0.2, 0.25) is 0 Å². The molecule has 3 aromatic rings. The second kappa shape index (κ2) is 3.46. The largest absolute Gasteiger partial charge is 0.463 e. The molecule has 0 aliphatic heterocycles. The van der Waals surface area contributed by atoms with Crippen LogP contribution in [0.4, 0.5) is 0 Å². The molecule has 0 aromatic carbocycles. The van der Waals surface area contributed by atoms with Crippen LogP contribution in [0, 0.1) is 0 Å². The van der Waals surface area contributed by atoms with Crippen molar-refractivity contribution in [2.75, 3.05) is 0 Å². The topological polar surface area (TPSA) is 69.3 Å². The molecule has 3 rings (SSSR count). The van der Waals surface area contributed by atoms with E-state index in [1.54, 1.807) is 17.0 Å². The summed E-state index contributed by atoms with van der Waals surface area (Å²) in [5.74, 6) is 0.714. The molecule has 2 N–H and O–H groups in total. The number of hydrogen-bond acceptors (Lipinski definition) is 4. The quantitative estimate of drug-likeness (QED) is 0.701. The van der Waals surface area contributed by atoms with E-state index >= 15 is 0 Å². The summed E-state index contributed by atoms with van der Waals surface area (Å²) < 4.78 is 7.04. The third kappa shape index (κ3) is 1.22. The third-order valence-corrected chi connectivity index (χ3v) is 2.45. The molecule has 5 nitrogen and oxygen atoms in total. The number of hydrogen-bond donors (Lipinski definition) is 1. The molecule has 0 amide bonds. The molecule has 5 heteroatoms. The zero-order chi connectivity index (χ0) is 11.0. The lowest BCUT2D eigenvalue weighted by Crippen LogP contribution is -1.98. The molecule has 3 heterocycles. The van der Waals surface area contributed by atoms with Gasteiger partial charge in [-0.25, -0.2) is 9.50 Å². The molecule has 0 saturated carbocycles. The van der Waals surface area contributed by atoms with Crippen molar-refractivity contribution in [2.24, 2.45) is 5.73 Å². The molecule has 16 heavy (non-hydrogen) atoms. The fourth-order valence-corrected chi connectivity index (χ4v) is 1.73. The lowest BCUT2D eigenvalue weighted by Gasteiger charge is -1.94. The molecule has 0 unspecified atom stereocenters. The van der Waals surface area contributed by atoms with Crippen LogP contribution in [0.5, 0.6) is 0 Å². The molecule has 0 fully saturated rings. The van der Waals surface area contributed by atoms with Gasteiger partial charge in [0, 0.05) is 24.5 Å². The summed E-state index contributed by atoms with van der Waals surface area (Å²) in [6, 6.07) is 5.51. The van der Waals surface area contributed by atoms with Crippen molar-refractivity contribution >= 4 is 5.65 Å². The molecule has 0 radical (unpaired) electrons. The van der Waals surface area contributed by atoms with Gasteiger partial charge in [-0.05, 0) is 18.2 Å². The second-order valence-electron chi connectivity index (χ2n) is 3.40. The average Bonchev–Trinajstić information content (AvgIpc) is 2.95. The number of nitrogens with two attached hydrogens (primary N) is 1. The Labute approximate surface area is 91.5 Å². The van der Waals surface area contributed by atoms with E-state index in [2.05, 4.69) is 10.1 Å². The maximum atomic E-state index is 5.73. The maximum absolute atomic E-state index is 5.73. The summed E-state index contributed by atoms with van der Waals surface area (Å²) in [7, 11) is 0. The van der Waals surface area contributed by atoms with Crippen molar-refractivity contribution in [3.05, 3.63) is 42.4 Å². The van der Waals surface area contributed by atoms with Crippen LogP contribution in [-0.4, -0.2) is 14.6 Å².